The van der Waals surface area contributed by atoms with E-state index in [4.69, 9.17) is 27.7 Å². The van der Waals surface area contributed by atoms with E-state index in [0.29, 0.717) is 5.15 Å². The predicted octanol–water partition coefficient (Wildman–Crippen LogP) is 3.84. The summed E-state index contributed by atoms with van der Waals surface area (Å²) in [5.41, 5.74) is 8.53. The van der Waals surface area contributed by atoms with Gasteiger partial charge in [0.15, 0.2) is 0 Å². The van der Waals surface area contributed by atoms with Gasteiger partial charge in [0.2, 0.25) is 0 Å². The highest BCUT2D eigenvalue weighted by Gasteiger charge is 2.17. The minimum atomic E-state index is 0.266. The molecule has 1 aromatic carbocycles. The summed E-state index contributed by atoms with van der Waals surface area (Å²) in [7, 11) is 0. The summed E-state index contributed by atoms with van der Waals surface area (Å²) < 4.78 is 0. The van der Waals surface area contributed by atoms with Gasteiger partial charge in [-0.2, -0.15) is 0 Å². The summed E-state index contributed by atoms with van der Waals surface area (Å²) >= 11 is 7.37. The van der Waals surface area contributed by atoms with Gasteiger partial charge >= 0.3 is 0 Å². The summed E-state index contributed by atoms with van der Waals surface area (Å²) in [6.07, 6.45) is 2.56. The minimum Gasteiger partial charge on any atom is -0.382 e. The predicted molar refractivity (Wildman–Crippen MR) is 95.3 cm³/mol. The van der Waals surface area contributed by atoms with E-state index in [9.17, 15) is 0 Å². The van der Waals surface area contributed by atoms with E-state index in [0.717, 1.165) is 33.0 Å². The van der Waals surface area contributed by atoms with E-state index in [1.807, 2.05) is 36.4 Å². The van der Waals surface area contributed by atoms with Gasteiger partial charge in [-0.15, -0.1) is 11.3 Å². The Morgan fingerprint density at radius 2 is 2.00 bits per heavy atom. The molecule has 0 bridgehead atoms. The maximum atomic E-state index is 7.12. The first-order chi connectivity index (χ1) is 11.2. The quantitative estimate of drug-likeness (QED) is 0.429. The van der Waals surface area contributed by atoms with Gasteiger partial charge in [0, 0.05) is 17.3 Å². The number of pyridine rings is 1. The van der Waals surface area contributed by atoms with E-state index >= 15 is 0 Å². The number of nitrogens with one attached hydrogen (secondary N) is 1. The standard InChI is InChI=1S/C16H12ClN5S/c17-12-8-11(6-7-20-12)16-22-13(10-4-2-1-3-5-10)14(23-16)15(19)21-9-18/h1-9H,(H3,18,19,21). The van der Waals surface area contributed by atoms with Crippen LogP contribution in [0.4, 0.5) is 0 Å². The van der Waals surface area contributed by atoms with Gasteiger partial charge in [-0.3, -0.25) is 5.41 Å². The van der Waals surface area contributed by atoms with Crippen LogP contribution in [0.1, 0.15) is 4.88 Å². The van der Waals surface area contributed by atoms with Crippen molar-refractivity contribution in [2.45, 2.75) is 0 Å². The Balaban J connectivity index is 2.18. The Hall–Kier alpha value is -2.57. The van der Waals surface area contributed by atoms with Gasteiger partial charge in [0.25, 0.3) is 0 Å². The summed E-state index contributed by atoms with van der Waals surface area (Å²) in [5.74, 6) is 0.266. The van der Waals surface area contributed by atoms with Gasteiger partial charge in [0.05, 0.1) is 10.6 Å². The Bertz CT molecular complexity index is 873. The number of benzene rings is 1. The molecule has 3 rings (SSSR count). The number of hydrogen-bond acceptors (Lipinski definition) is 4. The SMILES string of the molecule is N=CN=C(N)c1sc(-c2ccnc(Cl)c2)nc1-c1ccccc1. The fraction of sp³-hybridized carbons (Fsp3) is 0. The van der Waals surface area contributed by atoms with Crippen molar-refractivity contribution in [1.82, 2.24) is 9.97 Å². The molecule has 7 heteroatoms. The van der Waals surface area contributed by atoms with Crippen LogP contribution in [-0.2, 0) is 0 Å². The van der Waals surface area contributed by atoms with Crippen LogP contribution in [-0.4, -0.2) is 22.1 Å². The van der Waals surface area contributed by atoms with E-state index < -0.39 is 0 Å². The van der Waals surface area contributed by atoms with Crippen LogP contribution < -0.4 is 5.73 Å². The largest absolute Gasteiger partial charge is 0.382 e. The van der Waals surface area contributed by atoms with Crippen molar-refractivity contribution in [3.63, 3.8) is 0 Å². The third-order valence-corrected chi connectivity index (χ3v) is 4.42. The van der Waals surface area contributed by atoms with Gasteiger partial charge in [-0.05, 0) is 12.1 Å². The molecule has 3 aromatic rings. The molecule has 0 aliphatic heterocycles. The lowest BCUT2D eigenvalue weighted by molar-refractivity contribution is 1.32. The van der Waals surface area contributed by atoms with Crippen molar-refractivity contribution in [2.75, 3.05) is 0 Å². The molecule has 0 atom stereocenters. The third-order valence-electron chi connectivity index (χ3n) is 3.08. The molecule has 0 radical (unpaired) electrons. The topological polar surface area (TPSA) is 88.0 Å². The normalized spacial score (nSPS) is 11.4. The first-order valence-electron chi connectivity index (χ1n) is 6.70. The molecule has 0 aliphatic carbocycles. The molecule has 0 fully saturated rings. The smallest absolute Gasteiger partial charge is 0.144 e. The van der Waals surface area contributed by atoms with Crippen LogP contribution in [0.5, 0.6) is 0 Å². The highest BCUT2D eigenvalue weighted by molar-refractivity contribution is 7.17. The van der Waals surface area contributed by atoms with Crippen molar-refractivity contribution >= 4 is 35.1 Å². The minimum absolute atomic E-state index is 0.266. The van der Waals surface area contributed by atoms with E-state index in [1.54, 1.807) is 12.3 Å². The number of rotatable bonds is 4. The number of amidine groups is 1. The van der Waals surface area contributed by atoms with Crippen LogP contribution in [0.3, 0.4) is 0 Å². The monoisotopic (exact) mass is 341 g/mol. The second-order valence-corrected chi connectivity index (χ2v) is 5.96. The average molecular weight is 342 g/mol. The lowest BCUT2D eigenvalue weighted by Gasteiger charge is -2.00. The average Bonchev–Trinajstić information content (AvgIpc) is 3.01. The zero-order valence-corrected chi connectivity index (χ0v) is 13.5. The maximum absolute atomic E-state index is 7.12. The van der Waals surface area contributed by atoms with Crippen molar-refractivity contribution < 1.29 is 0 Å². The number of halogens is 1. The Morgan fingerprint density at radius 3 is 2.70 bits per heavy atom. The Morgan fingerprint density at radius 1 is 1.22 bits per heavy atom. The van der Waals surface area contributed by atoms with Crippen molar-refractivity contribution in [2.24, 2.45) is 10.7 Å². The molecule has 3 N–H and O–H groups in total. The molecule has 0 aliphatic rings. The molecule has 0 saturated carbocycles. The van der Waals surface area contributed by atoms with Gasteiger partial charge < -0.3 is 5.73 Å². The zero-order valence-electron chi connectivity index (χ0n) is 11.9. The summed E-state index contributed by atoms with van der Waals surface area (Å²) in [6, 6.07) is 13.3. The lowest BCUT2D eigenvalue weighted by Crippen LogP contribution is -2.12. The van der Waals surface area contributed by atoms with Crippen LogP contribution in [0.25, 0.3) is 21.8 Å². The van der Waals surface area contributed by atoms with Crippen molar-refractivity contribution in [1.29, 1.82) is 5.41 Å². The second-order valence-electron chi connectivity index (χ2n) is 4.57. The molecular formula is C16H12ClN5S. The van der Waals surface area contributed by atoms with Crippen LogP contribution in [0.2, 0.25) is 5.15 Å². The van der Waals surface area contributed by atoms with Crippen molar-refractivity contribution in [3.05, 3.63) is 58.7 Å². The molecule has 0 spiro atoms. The van der Waals surface area contributed by atoms with E-state index in [-0.39, 0.29) is 5.84 Å². The zero-order chi connectivity index (χ0) is 16.2. The van der Waals surface area contributed by atoms with Gasteiger partial charge in [0.1, 0.15) is 22.3 Å². The highest BCUT2D eigenvalue weighted by atomic mass is 35.5. The lowest BCUT2D eigenvalue weighted by atomic mass is 10.1. The van der Waals surface area contributed by atoms with E-state index in [2.05, 4.69) is 9.98 Å². The Kier molecular flexibility index (Phi) is 4.45. The number of aliphatic imine (C=N–C) groups is 1. The number of nitrogens with zero attached hydrogens (tertiary/aromatic N) is 3. The molecule has 0 unspecified atom stereocenters. The maximum Gasteiger partial charge on any atom is 0.144 e. The van der Waals surface area contributed by atoms with Crippen LogP contribution in [0.15, 0.2) is 53.7 Å². The molecule has 5 nitrogen and oxygen atoms in total. The number of hydrogen-bond donors (Lipinski definition) is 2. The Labute approximate surface area is 142 Å². The fourth-order valence-electron chi connectivity index (χ4n) is 2.07. The van der Waals surface area contributed by atoms with E-state index in [1.165, 1.54) is 11.3 Å². The third kappa shape index (κ3) is 3.28. The van der Waals surface area contributed by atoms with Gasteiger partial charge in [-0.1, -0.05) is 41.9 Å². The number of thiazole rings is 1. The molecule has 0 amide bonds. The number of aromatic nitrogens is 2. The molecule has 0 saturated heterocycles. The van der Waals surface area contributed by atoms with Gasteiger partial charge in [-0.25, -0.2) is 15.0 Å². The summed E-state index contributed by atoms with van der Waals surface area (Å²) in [5, 5.41) is 8.30. The molecule has 2 aromatic heterocycles. The second kappa shape index (κ2) is 6.68. The first kappa shape index (κ1) is 15.3. The molecule has 114 valence electrons. The fourth-order valence-corrected chi connectivity index (χ4v) is 3.24. The summed E-state index contributed by atoms with van der Waals surface area (Å²) in [4.78, 5) is 13.3. The van der Waals surface area contributed by atoms with Crippen molar-refractivity contribution in [3.8, 4) is 21.8 Å². The highest BCUT2D eigenvalue weighted by Crippen LogP contribution is 2.34. The van der Waals surface area contributed by atoms with Crippen LogP contribution in [0, 0.1) is 5.41 Å². The first-order valence-corrected chi connectivity index (χ1v) is 7.89. The number of nitrogens with two attached hydrogens (primary N) is 1. The van der Waals surface area contributed by atoms with Crippen LogP contribution >= 0.6 is 22.9 Å². The molecular weight excluding hydrogens is 330 g/mol. The molecule has 2 heterocycles. The molecule has 23 heavy (non-hydrogen) atoms. The summed E-state index contributed by atoms with van der Waals surface area (Å²) in [6.45, 7) is 0.